The van der Waals surface area contributed by atoms with E-state index in [0.29, 0.717) is 11.3 Å². The van der Waals surface area contributed by atoms with E-state index >= 15 is 4.79 Å². The van der Waals surface area contributed by atoms with E-state index in [1.54, 1.807) is 31.2 Å². The van der Waals surface area contributed by atoms with Crippen LogP contribution in [0.15, 0.2) is 88.6 Å². The predicted octanol–water partition coefficient (Wildman–Crippen LogP) is 5.80. The molecule has 0 aliphatic carbocycles. The van der Waals surface area contributed by atoms with Gasteiger partial charge in [-0.15, -0.1) is 0 Å². The second kappa shape index (κ2) is 10.3. The Kier molecular flexibility index (Phi) is 6.52. The normalized spacial score (nSPS) is 16.9. The summed E-state index contributed by atoms with van der Waals surface area (Å²) in [6.45, 7) is 7.18. The Balaban J connectivity index is 1.53. The maximum Gasteiger partial charge on any atom is 0.350 e. The number of hydrogen-bond acceptors (Lipinski definition) is 8. The first-order valence-electron chi connectivity index (χ1n) is 14.0. The molecule has 0 saturated carbocycles. The van der Waals surface area contributed by atoms with Gasteiger partial charge in [0.05, 0.1) is 28.9 Å². The summed E-state index contributed by atoms with van der Waals surface area (Å²) >= 11 is 0.858. The van der Waals surface area contributed by atoms with Gasteiger partial charge in [0.1, 0.15) is 22.9 Å². The lowest BCUT2D eigenvalue weighted by molar-refractivity contribution is -0.121. The lowest BCUT2D eigenvalue weighted by Crippen LogP contribution is -2.53. The second-order valence-corrected chi connectivity index (χ2v) is 11.7. The minimum Gasteiger partial charge on any atom is -0.457 e. The van der Waals surface area contributed by atoms with Gasteiger partial charge in [0.25, 0.3) is 11.8 Å². The van der Waals surface area contributed by atoms with Crippen LogP contribution in [-0.2, 0) is 21.6 Å². The third-order valence-corrected chi connectivity index (χ3v) is 9.29. The van der Waals surface area contributed by atoms with Gasteiger partial charge < -0.3 is 14.1 Å². The first-order chi connectivity index (χ1) is 21.7. The summed E-state index contributed by atoms with van der Waals surface area (Å²) in [5.41, 5.74) is -0.118. The molecule has 5 aromatic rings. The minimum absolute atomic E-state index is 0.00925. The Morgan fingerprint density at radius 2 is 1.84 bits per heavy atom. The summed E-state index contributed by atoms with van der Waals surface area (Å²) in [5.74, 6) is -3.10. The van der Waals surface area contributed by atoms with Crippen LogP contribution in [0.5, 0.6) is 0 Å². The number of benzene rings is 3. The zero-order valence-corrected chi connectivity index (χ0v) is 24.9. The number of halogens is 1. The van der Waals surface area contributed by atoms with Crippen LogP contribution in [-0.4, -0.2) is 29.4 Å². The van der Waals surface area contributed by atoms with Crippen molar-refractivity contribution in [3.63, 3.8) is 0 Å². The highest BCUT2D eigenvalue weighted by Crippen LogP contribution is 2.55. The standard InChI is InChI=1S/C34H24FN3O6S/c1-4-15-43-31(41)29-19(3)36-33(45-29)38-30(40)28-26(27(39)22-16-21(35)13-14-25(22)44-28)34(38)23-11-7-8-12-24(23)37(32(34)42)17-20-10-6-5-9-18(20)2/h4-14,16H,1,15,17H2,2-3H3. The van der Waals surface area contributed by atoms with Crippen LogP contribution in [0.4, 0.5) is 15.2 Å². The topological polar surface area (TPSA) is 110 Å². The molecule has 2 aromatic heterocycles. The quantitative estimate of drug-likeness (QED) is 0.174. The second-order valence-electron chi connectivity index (χ2n) is 10.8. The number of ether oxygens (including phenoxy) is 1. The number of rotatable bonds is 6. The highest BCUT2D eigenvalue weighted by atomic mass is 32.1. The first kappa shape index (κ1) is 28.4. The molecule has 2 aliphatic heterocycles. The summed E-state index contributed by atoms with van der Waals surface area (Å²) in [7, 11) is 0. The van der Waals surface area contributed by atoms with Gasteiger partial charge in [-0.2, -0.15) is 0 Å². The average molecular weight is 622 g/mol. The molecule has 0 fully saturated rings. The fraction of sp³-hybridized carbons (Fsp3) is 0.147. The van der Waals surface area contributed by atoms with Crippen molar-refractivity contribution in [3.05, 3.63) is 134 Å². The van der Waals surface area contributed by atoms with Gasteiger partial charge in [-0.05, 0) is 49.2 Å². The molecule has 4 heterocycles. The summed E-state index contributed by atoms with van der Waals surface area (Å²) < 4.78 is 25.7. The SMILES string of the molecule is C=CCOC(=O)c1sc(N2C(=O)c3oc4ccc(F)cc4c(=O)c3C23C(=O)N(Cc2ccccc2C)c2ccccc23)nc1C. The number of esters is 1. The number of nitrogens with zero attached hydrogens (tertiary/aromatic N) is 3. The molecule has 1 atom stereocenters. The molecule has 2 aliphatic rings. The summed E-state index contributed by atoms with van der Waals surface area (Å²) in [5, 5.41) is -0.126. The van der Waals surface area contributed by atoms with Crippen molar-refractivity contribution in [2.75, 3.05) is 16.4 Å². The number of aromatic nitrogens is 1. The fourth-order valence-electron chi connectivity index (χ4n) is 6.12. The number of carbonyl (C=O) groups excluding carboxylic acids is 3. The Morgan fingerprint density at radius 3 is 2.62 bits per heavy atom. The molecule has 11 heteroatoms. The third kappa shape index (κ3) is 4.00. The molecule has 45 heavy (non-hydrogen) atoms. The van der Waals surface area contributed by atoms with Crippen LogP contribution in [0.25, 0.3) is 11.0 Å². The van der Waals surface area contributed by atoms with E-state index in [-0.39, 0.29) is 51.1 Å². The van der Waals surface area contributed by atoms with Crippen LogP contribution in [0.3, 0.4) is 0 Å². The van der Waals surface area contributed by atoms with E-state index in [1.807, 2.05) is 31.2 Å². The maximum atomic E-state index is 15.1. The van der Waals surface area contributed by atoms with E-state index in [9.17, 15) is 18.8 Å². The molecule has 2 amide bonds. The number of hydrogen-bond donors (Lipinski definition) is 0. The van der Waals surface area contributed by atoms with Gasteiger partial charge in [-0.1, -0.05) is 66.5 Å². The van der Waals surface area contributed by atoms with E-state index in [4.69, 9.17) is 9.15 Å². The smallest absolute Gasteiger partial charge is 0.350 e. The third-order valence-electron chi connectivity index (χ3n) is 8.17. The highest BCUT2D eigenvalue weighted by Gasteiger charge is 2.66. The number of amides is 2. The van der Waals surface area contributed by atoms with Crippen molar-refractivity contribution in [3.8, 4) is 0 Å². The van der Waals surface area contributed by atoms with Crippen molar-refractivity contribution in [1.29, 1.82) is 0 Å². The maximum absolute atomic E-state index is 15.1. The van der Waals surface area contributed by atoms with Gasteiger partial charge >= 0.3 is 5.97 Å². The lowest BCUT2D eigenvalue weighted by atomic mass is 9.84. The minimum atomic E-state index is -2.06. The number of aryl methyl sites for hydroxylation is 2. The lowest BCUT2D eigenvalue weighted by Gasteiger charge is -2.32. The van der Waals surface area contributed by atoms with Crippen molar-refractivity contribution >= 4 is 50.9 Å². The Bertz CT molecular complexity index is 2170. The molecule has 224 valence electrons. The summed E-state index contributed by atoms with van der Waals surface area (Å²) in [4.78, 5) is 64.1. The monoisotopic (exact) mass is 621 g/mol. The predicted molar refractivity (Wildman–Crippen MR) is 166 cm³/mol. The van der Waals surface area contributed by atoms with Gasteiger partial charge in [0.15, 0.2) is 16.1 Å². The van der Waals surface area contributed by atoms with Crippen LogP contribution in [0, 0.1) is 19.7 Å². The highest BCUT2D eigenvalue weighted by molar-refractivity contribution is 7.17. The van der Waals surface area contributed by atoms with Gasteiger partial charge in [0, 0.05) is 5.56 Å². The summed E-state index contributed by atoms with van der Waals surface area (Å²) in [6.07, 6.45) is 1.42. The molecular formula is C34H24FN3O6S. The van der Waals surface area contributed by atoms with Crippen molar-refractivity contribution < 1.29 is 27.9 Å². The zero-order valence-electron chi connectivity index (χ0n) is 24.1. The van der Waals surface area contributed by atoms with Crippen molar-refractivity contribution in [1.82, 2.24) is 4.98 Å². The van der Waals surface area contributed by atoms with Crippen LogP contribution < -0.4 is 15.2 Å². The van der Waals surface area contributed by atoms with Gasteiger partial charge in [0.2, 0.25) is 5.76 Å². The fourth-order valence-corrected chi connectivity index (χ4v) is 7.13. The zero-order chi connectivity index (χ0) is 31.6. The van der Waals surface area contributed by atoms with E-state index in [1.165, 1.54) is 17.0 Å². The molecule has 0 radical (unpaired) electrons. The van der Waals surface area contributed by atoms with E-state index in [2.05, 4.69) is 11.6 Å². The molecule has 0 bridgehead atoms. The molecule has 3 aromatic carbocycles. The summed E-state index contributed by atoms with van der Waals surface area (Å²) in [6, 6.07) is 17.9. The average Bonchev–Trinajstić information content (AvgIpc) is 3.62. The number of fused-ring (bicyclic) bond motifs is 5. The molecule has 1 spiro atoms. The number of para-hydroxylation sites is 1. The molecular weight excluding hydrogens is 597 g/mol. The number of anilines is 2. The van der Waals surface area contributed by atoms with Crippen LogP contribution in [0.1, 0.15) is 48.2 Å². The van der Waals surface area contributed by atoms with E-state index < -0.39 is 34.6 Å². The van der Waals surface area contributed by atoms with Gasteiger partial charge in [-0.3, -0.25) is 19.3 Å². The van der Waals surface area contributed by atoms with Crippen molar-refractivity contribution in [2.24, 2.45) is 0 Å². The Hall–Kier alpha value is -5.42. The molecule has 9 nitrogen and oxygen atoms in total. The van der Waals surface area contributed by atoms with Crippen molar-refractivity contribution in [2.45, 2.75) is 25.9 Å². The number of carbonyl (C=O) groups is 3. The molecule has 0 N–H and O–H groups in total. The largest absolute Gasteiger partial charge is 0.457 e. The molecule has 0 saturated heterocycles. The van der Waals surface area contributed by atoms with Crippen LogP contribution in [0.2, 0.25) is 0 Å². The van der Waals surface area contributed by atoms with Crippen LogP contribution >= 0.6 is 11.3 Å². The van der Waals surface area contributed by atoms with E-state index in [0.717, 1.165) is 39.5 Å². The Morgan fingerprint density at radius 1 is 1.09 bits per heavy atom. The number of thiazole rings is 1. The molecule has 7 rings (SSSR count). The molecule has 1 unspecified atom stereocenters. The van der Waals surface area contributed by atoms with Gasteiger partial charge in [-0.25, -0.2) is 14.2 Å². The Labute approximate surface area is 259 Å². The first-order valence-corrected chi connectivity index (χ1v) is 14.8.